The van der Waals surface area contributed by atoms with E-state index < -0.39 is 0 Å². The molecule has 0 aliphatic carbocycles. The number of imidazole rings is 1. The van der Waals surface area contributed by atoms with Gasteiger partial charge in [0, 0.05) is 0 Å². The van der Waals surface area contributed by atoms with E-state index in [0.717, 1.165) is 5.52 Å². The highest BCUT2D eigenvalue weighted by atomic mass is 35.5. The molecule has 0 fully saturated rings. The lowest BCUT2D eigenvalue weighted by atomic mass is 10.3. The lowest BCUT2D eigenvalue weighted by molar-refractivity contribution is 0.629. The first-order valence-corrected chi connectivity index (χ1v) is 4.03. The van der Waals surface area contributed by atoms with Crippen molar-refractivity contribution in [2.45, 2.75) is 5.88 Å². The fraction of sp³-hybridized carbons (Fsp3) is 0.125. The maximum Gasteiger partial charge on any atom is 0.125 e. The van der Waals surface area contributed by atoms with E-state index in [0.29, 0.717) is 17.2 Å². The average Bonchev–Trinajstić information content (AvgIpc) is 2.46. The van der Waals surface area contributed by atoms with Crippen LogP contribution in [0.1, 0.15) is 5.82 Å². The van der Waals surface area contributed by atoms with Gasteiger partial charge in [-0.25, -0.2) is 9.37 Å². The Morgan fingerprint density at radius 3 is 2.92 bits per heavy atom. The fourth-order valence-corrected chi connectivity index (χ4v) is 1.22. The molecule has 0 atom stereocenters. The Balaban J connectivity index is 0.000000845. The molecule has 1 heterocycles. The molecule has 0 bridgehead atoms. The Morgan fingerprint density at radius 1 is 1.46 bits per heavy atom. The Kier molecular flexibility index (Phi) is 3.12. The van der Waals surface area contributed by atoms with Gasteiger partial charge < -0.3 is 4.98 Å². The molecule has 0 saturated heterocycles. The smallest absolute Gasteiger partial charge is 0.125 e. The topological polar surface area (TPSA) is 28.7 Å². The van der Waals surface area contributed by atoms with E-state index in [9.17, 15) is 4.39 Å². The highest BCUT2D eigenvalue weighted by molar-refractivity contribution is 6.16. The highest BCUT2D eigenvalue weighted by Gasteiger charge is 2.01. The van der Waals surface area contributed by atoms with E-state index in [1.54, 1.807) is 6.07 Å². The highest BCUT2D eigenvalue weighted by Crippen LogP contribution is 2.13. The van der Waals surface area contributed by atoms with Gasteiger partial charge in [0.1, 0.15) is 11.6 Å². The number of alkyl halides is 1. The minimum absolute atomic E-state index is 0. The predicted octanol–water partition coefficient (Wildman–Crippen LogP) is 2.86. The first-order chi connectivity index (χ1) is 5.79. The van der Waals surface area contributed by atoms with Gasteiger partial charge in [0.25, 0.3) is 0 Å². The SMILES string of the molecule is Cl.Fc1ccc2nc(CCl)[nH]c2c1. The maximum atomic E-state index is 12.7. The van der Waals surface area contributed by atoms with Gasteiger partial charge >= 0.3 is 0 Å². The molecule has 0 amide bonds. The van der Waals surface area contributed by atoms with Crippen LogP contribution < -0.4 is 0 Å². The minimum Gasteiger partial charge on any atom is -0.341 e. The van der Waals surface area contributed by atoms with Crippen LogP contribution >= 0.6 is 24.0 Å². The molecule has 2 rings (SSSR count). The Hall–Kier alpha value is -0.800. The Morgan fingerprint density at radius 2 is 2.23 bits per heavy atom. The van der Waals surface area contributed by atoms with E-state index in [4.69, 9.17) is 11.6 Å². The zero-order valence-corrected chi connectivity index (χ0v) is 8.12. The van der Waals surface area contributed by atoms with Gasteiger partial charge in [-0.15, -0.1) is 24.0 Å². The van der Waals surface area contributed by atoms with Crippen LogP contribution in [0, 0.1) is 5.82 Å². The van der Waals surface area contributed by atoms with Crippen molar-refractivity contribution in [1.82, 2.24) is 9.97 Å². The summed E-state index contributed by atoms with van der Waals surface area (Å²) >= 11 is 5.55. The van der Waals surface area contributed by atoms with Crippen LogP contribution in [0.5, 0.6) is 0 Å². The standard InChI is InChI=1S/C8H6ClFN2.ClH/c9-4-8-11-6-2-1-5(10)3-7(6)12-8;/h1-3H,4H2,(H,11,12);1H. The molecule has 1 aromatic carbocycles. The number of halogens is 3. The second-order valence-electron chi connectivity index (χ2n) is 2.48. The number of hydrogen-bond acceptors (Lipinski definition) is 1. The van der Waals surface area contributed by atoms with Crippen LogP contribution in [0.3, 0.4) is 0 Å². The van der Waals surface area contributed by atoms with Crippen molar-refractivity contribution >= 4 is 35.0 Å². The molecular formula is C8H7Cl2FN2. The lowest BCUT2D eigenvalue weighted by Gasteiger charge is -1.86. The van der Waals surface area contributed by atoms with Crippen LogP contribution in [0.4, 0.5) is 4.39 Å². The van der Waals surface area contributed by atoms with Gasteiger partial charge in [-0.2, -0.15) is 0 Å². The first kappa shape index (κ1) is 10.3. The molecule has 0 saturated carbocycles. The number of nitrogens with one attached hydrogen (secondary N) is 1. The molecule has 1 aromatic heterocycles. The molecule has 0 radical (unpaired) electrons. The van der Waals surface area contributed by atoms with E-state index in [1.165, 1.54) is 12.1 Å². The average molecular weight is 221 g/mol. The fourth-order valence-electron chi connectivity index (χ4n) is 1.10. The molecule has 1 N–H and O–H groups in total. The Bertz CT molecular complexity index is 413. The van der Waals surface area contributed by atoms with Crippen LogP contribution in [0.2, 0.25) is 0 Å². The quantitative estimate of drug-likeness (QED) is 0.737. The normalized spacial score (nSPS) is 10.0. The Labute approximate surface area is 85.5 Å². The van der Waals surface area contributed by atoms with Crippen molar-refractivity contribution in [1.29, 1.82) is 0 Å². The number of H-pyrrole nitrogens is 1. The van der Waals surface area contributed by atoms with Crippen molar-refractivity contribution < 1.29 is 4.39 Å². The number of hydrogen-bond donors (Lipinski definition) is 1. The van der Waals surface area contributed by atoms with Gasteiger partial charge in [-0.3, -0.25) is 0 Å². The van der Waals surface area contributed by atoms with Gasteiger partial charge in [0.2, 0.25) is 0 Å². The third-order valence-electron chi connectivity index (χ3n) is 1.62. The van der Waals surface area contributed by atoms with Gasteiger partial charge in [0.05, 0.1) is 16.9 Å². The summed E-state index contributed by atoms with van der Waals surface area (Å²) in [6.45, 7) is 0. The zero-order valence-electron chi connectivity index (χ0n) is 6.55. The number of fused-ring (bicyclic) bond motifs is 1. The number of aromatic nitrogens is 2. The van der Waals surface area contributed by atoms with Gasteiger partial charge in [-0.05, 0) is 18.2 Å². The second kappa shape index (κ2) is 3.94. The summed E-state index contributed by atoms with van der Waals surface area (Å²) in [6, 6.07) is 4.40. The summed E-state index contributed by atoms with van der Waals surface area (Å²) < 4.78 is 12.7. The van der Waals surface area contributed by atoms with Crippen molar-refractivity contribution in [3.8, 4) is 0 Å². The molecule has 0 spiro atoms. The van der Waals surface area contributed by atoms with Crippen molar-refractivity contribution in [2.24, 2.45) is 0 Å². The third kappa shape index (κ3) is 1.92. The third-order valence-corrected chi connectivity index (χ3v) is 1.87. The van der Waals surface area contributed by atoms with Crippen molar-refractivity contribution in [3.63, 3.8) is 0 Å². The van der Waals surface area contributed by atoms with E-state index in [1.807, 2.05) is 0 Å². The van der Waals surface area contributed by atoms with Crippen molar-refractivity contribution in [2.75, 3.05) is 0 Å². The summed E-state index contributed by atoms with van der Waals surface area (Å²) in [5.74, 6) is 0.709. The monoisotopic (exact) mass is 220 g/mol. The van der Waals surface area contributed by atoms with Crippen LogP contribution in [-0.4, -0.2) is 9.97 Å². The molecule has 0 aliphatic rings. The number of benzene rings is 1. The lowest BCUT2D eigenvalue weighted by Crippen LogP contribution is -1.77. The largest absolute Gasteiger partial charge is 0.341 e. The number of rotatable bonds is 1. The van der Waals surface area contributed by atoms with E-state index >= 15 is 0 Å². The number of aromatic amines is 1. The van der Waals surface area contributed by atoms with Gasteiger partial charge in [-0.1, -0.05) is 0 Å². The second-order valence-corrected chi connectivity index (χ2v) is 2.75. The molecule has 2 nitrogen and oxygen atoms in total. The molecule has 0 aliphatic heterocycles. The molecule has 70 valence electrons. The van der Waals surface area contributed by atoms with E-state index in [-0.39, 0.29) is 18.2 Å². The van der Waals surface area contributed by atoms with E-state index in [2.05, 4.69) is 9.97 Å². The minimum atomic E-state index is -0.271. The molecular weight excluding hydrogens is 214 g/mol. The zero-order chi connectivity index (χ0) is 8.55. The predicted molar refractivity (Wildman–Crippen MR) is 52.9 cm³/mol. The first-order valence-electron chi connectivity index (χ1n) is 3.50. The number of nitrogens with zero attached hydrogens (tertiary/aromatic N) is 1. The van der Waals surface area contributed by atoms with Gasteiger partial charge in [0.15, 0.2) is 0 Å². The summed E-state index contributed by atoms with van der Waals surface area (Å²) in [5, 5.41) is 0. The van der Waals surface area contributed by atoms with Crippen LogP contribution in [0.25, 0.3) is 11.0 Å². The molecule has 5 heteroatoms. The summed E-state index contributed by atoms with van der Waals surface area (Å²) in [6.07, 6.45) is 0. The summed E-state index contributed by atoms with van der Waals surface area (Å²) in [5.41, 5.74) is 1.43. The van der Waals surface area contributed by atoms with Crippen LogP contribution in [0.15, 0.2) is 18.2 Å². The molecule has 2 aromatic rings. The summed E-state index contributed by atoms with van der Waals surface area (Å²) in [4.78, 5) is 7.02. The van der Waals surface area contributed by atoms with Crippen LogP contribution in [-0.2, 0) is 5.88 Å². The van der Waals surface area contributed by atoms with Crippen molar-refractivity contribution in [3.05, 3.63) is 29.8 Å². The maximum absolute atomic E-state index is 12.7. The molecule has 13 heavy (non-hydrogen) atoms. The molecule has 0 unspecified atom stereocenters. The summed E-state index contributed by atoms with van der Waals surface area (Å²) in [7, 11) is 0.